The van der Waals surface area contributed by atoms with E-state index in [1.165, 1.54) is 10.9 Å². The lowest BCUT2D eigenvalue weighted by Crippen LogP contribution is -2.33. The second-order valence-electron chi connectivity index (χ2n) is 7.68. The monoisotopic (exact) mass is 564 g/mol. The number of thioether (sulfide) groups is 1. The van der Waals surface area contributed by atoms with Crippen LogP contribution in [0.1, 0.15) is 11.8 Å². The largest absolute Gasteiger partial charge is 0.387 e. The molecule has 0 radical (unpaired) electrons. The molecular formula is C20H23BrN9O4S+. The quantitative estimate of drug-likeness (QED) is 0.141. The normalized spacial score (nSPS) is 21.7. The second-order valence-corrected chi connectivity index (χ2v) is 9.54. The van der Waals surface area contributed by atoms with Crippen molar-refractivity contribution < 1.29 is 19.7 Å². The first kappa shape index (κ1) is 25.2. The summed E-state index contributed by atoms with van der Waals surface area (Å²) in [6, 6.07) is 7.86. The number of anilines is 1. The van der Waals surface area contributed by atoms with Gasteiger partial charge in [-0.2, -0.15) is 0 Å². The smallest absolute Gasteiger partial charge is 0.230 e. The Bertz CT molecular complexity index is 1270. The summed E-state index contributed by atoms with van der Waals surface area (Å²) in [5.74, 6) is -0.0391. The Balaban J connectivity index is 1.49. The molecule has 0 aliphatic carbocycles. The van der Waals surface area contributed by atoms with Gasteiger partial charge in [-0.15, -0.1) is 0 Å². The highest BCUT2D eigenvalue weighted by Crippen LogP contribution is 2.36. The number of ether oxygens (including phenoxy) is 1. The first-order valence-corrected chi connectivity index (χ1v) is 12.3. The van der Waals surface area contributed by atoms with Gasteiger partial charge in [0, 0.05) is 11.0 Å². The Morgan fingerprint density at radius 1 is 1.37 bits per heavy atom. The zero-order valence-electron chi connectivity index (χ0n) is 18.3. The van der Waals surface area contributed by atoms with Gasteiger partial charge in [0.05, 0.1) is 5.75 Å². The molecule has 15 heteroatoms. The summed E-state index contributed by atoms with van der Waals surface area (Å²) in [5.41, 5.74) is 14.4. The predicted octanol–water partition coefficient (Wildman–Crippen LogP) is 0.792. The van der Waals surface area contributed by atoms with Crippen LogP contribution in [-0.4, -0.2) is 72.8 Å². The molecule has 184 valence electrons. The van der Waals surface area contributed by atoms with E-state index in [-0.39, 0.29) is 35.2 Å². The minimum absolute atomic E-state index is 0.0387. The van der Waals surface area contributed by atoms with Gasteiger partial charge in [-0.25, -0.2) is 15.0 Å². The van der Waals surface area contributed by atoms with Crippen molar-refractivity contribution >= 4 is 50.6 Å². The number of aliphatic hydroxyl groups is 2. The lowest BCUT2D eigenvalue weighted by Gasteiger charge is -2.19. The Morgan fingerprint density at radius 2 is 2.20 bits per heavy atom. The molecule has 13 nitrogen and oxygen atoms in total. The van der Waals surface area contributed by atoms with Crippen molar-refractivity contribution in [1.29, 1.82) is 5.53 Å². The van der Waals surface area contributed by atoms with E-state index in [9.17, 15) is 15.0 Å². The number of aliphatic hydroxyl groups excluding tert-OH is 2. The molecule has 1 amide bonds. The van der Waals surface area contributed by atoms with Crippen molar-refractivity contribution in [2.45, 2.75) is 36.1 Å². The molecule has 4 atom stereocenters. The number of halogens is 1. The highest BCUT2D eigenvalue weighted by atomic mass is 79.9. The third-order valence-electron chi connectivity index (χ3n) is 5.35. The highest BCUT2D eigenvalue weighted by Gasteiger charge is 2.46. The van der Waals surface area contributed by atoms with Crippen molar-refractivity contribution in [2.24, 2.45) is 5.11 Å². The van der Waals surface area contributed by atoms with E-state index in [0.29, 0.717) is 18.1 Å². The first-order chi connectivity index (χ1) is 16.9. The van der Waals surface area contributed by atoms with Gasteiger partial charge < -0.3 is 26.0 Å². The molecule has 0 saturated carbocycles. The van der Waals surface area contributed by atoms with Gasteiger partial charge in [0.15, 0.2) is 34.9 Å². The number of rotatable bonds is 9. The lowest BCUT2D eigenvalue weighted by atomic mass is 10.1. The maximum absolute atomic E-state index is 12.5. The number of nitrogens with two attached hydrogens (primary N) is 1. The van der Waals surface area contributed by atoms with E-state index in [1.807, 2.05) is 24.3 Å². The average Bonchev–Trinajstić information content (AvgIpc) is 3.34. The third-order valence-corrected chi connectivity index (χ3v) is 6.80. The molecule has 3 aromatic rings. The van der Waals surface area contributed by atoms with Crippen molar-refractivity contribution in [2.75, 3.05) is 24.6 Å². The van der Waals surface area contributed by atoms with Crippen LogP contribution in [0.3, 0.4) is 0 Å². The Hall–Kier alpha value is -2.94. The molecule has 6 N–H and O–H groups in total. The Labute approximate surface area is 211 Å². The summed E-state index contributed by atoms with van der Waals surface area (Å²) in [6.07, 6.45) is -2.65. The number of carbonyl (C=O) groups excluding carboxylic acids is 1. The highest BCUT2D eigenvalue weighted by molar-refractivity contribution is 9.10. The number of nitrogens with zero attached hydrogens (tertiary/aromatic N) is 6. The van der Waals surface area contributed by atoms with E-state index in [1.54, 1.807) is 0 Å². The number of hydrogen-bond acceptors (Lipinski definition) is 11. The van der Waals surface area contributed by atoms with Crippen LogP contribution in [0.5, 0.6) is 0 Å². The summed E-state index contributed by atoms with van der Waals surface area (Å²) in [7, 11) is 0. The molecule has 1 aliphatic heterocycles. The van der Waals surface area contributed by atoms with Crippen molar-refractivity contribution in [1.82, 2.24) is 29.7 Å². The molecule has 0 spiro atoms. The van der Waals surface area contributed by atoms with Crippen LogP contribution in [0.4, 0.5) is 5.82 Å². The fourth-order valence-electron chi connectivity index (χ4n) is 3.67. The maximum atomic E-state index is 12.5. The van der Waals surface area contributed by atoms with Gasteiger partial charge in [0.25, 0.3) is 0 Å². The fourth-order valence-corrected chi connectivity index (χ4v) is 4.97. The minimum Gasteiger partial charge on any atom is -0.387 e. The van der Waals surface area contributed by atoms with E-state index in [2.05, 4.69) is 46.2 Å². The molecule has 4 rings (SSSR count). The molecule has 0 bridgehead atoms. The van der Waals surface area contributed by atoms with Gasteiger partial charge in [-0.3, -0.25) is 9.36 Å². The molecule has 2 aromatic heterocycles. The molecule has 1 aliphatic rings. The topological polar surface area (TPSA) is 199 Å². The summed E-state index contributed by atoms with van der Waals surface area (Å²) in [5, 5.41) is 27.8. The zero-order chi connectivity index (χ0) is 24.9. The van der Waals surface area contributed by atoms with Crippen molar-refractivity contribution in [3.8, 4) is 0 Å². The van der Waals surface area contributed by atoms with Crippen molar-refractivity contribution in [3.63, 3.8) is 0 Å². The first-order valence-electron chi connectivity index (χ1n) is 10.6. The Kier molecular flexibility index (Phi) is 8.05. The number of hydrogen-bond donors (Lipinski definition) is 5. The maximum Gasteiger partial charge on any atom is 0.230 e. The number of benzene rings is 1. The van der Waals surface area contributed by atoms with E-state index >= 15 is 0 Å². The number of carbonyl (C=O) groups is 1. The van der Waals surface area contributed by atoms with Crippen molar-refractivity contribution in [3.05, 3.63) is 40.6 Å². The average molecular weight is 565 g/mol. The SMILES string of the molecule is N=[N+]=NC[C@H]1O[C@@H](n2c(SCC(=O)NCCc3cccc(Br)c3)nc3c(N)ncnc32)[C@H](O)[C@@H]1O. The van der Waals surface area contributed by atoms with E-state index in [4.69, 9.17) is 16.0 Å². The molecule has 35 heavy (non-hydrogen) atoms. The third kappa shape index (κ3) is 5.66. The molecule has 1 saturated heterocycles. The van der Waals surface area contributed by atoms with E-state index < -0.39 is 24.5 Å². The predicted molar refractivity (Wildman–Crippen MR) is 129 cm³/mol. The molecule has 3 heterocycles. The number of amides is 1. The Morgan fingerprint density at radius 3 is 2.97 bits per heavy atom. The molecule has 0 unspecified atom stereocenters. The van der Waals surface area contributed by atoms with Gasteiger partial charge in [-0.1, -0.05) is 39.8 Å². The fraction of sp³-hybridized carbons (Fsp3) is 0.400. The summed E-state index contributed by atoms with van der Waals surface area (Å²) in [6.45, 7) is 0.360. The standard InChI is InChI=1S/C20H22BrN9O4S/c21-11-3-1-2-10(6-11)4-5-24-13(31)8-35-20-28-14-17(22)25-9-26-18(14)30(20)19-16(33)15(32)12(34-19)7-27-29-23/h1-3,6,9,12,15-16,19,23,32-33H,4-5,7-8H2,(H2-,22,24,25,26,31)/p+1/t12-,15-,16-,19-/m1/s1. The number of imidazole rings is 1. The number of fused-ring (bicyclic) bond motifs is 1. The van der Waals surface area contributed by atoms with Crippen LogP contribution in [0.15, 0.2) is 45.3 Å². The number of nitrogens with one attached hydrogen (secondary N) is 2. The van der Waals surface area contributed by atoms with Crippen LogP contribution in [0.2, 0.25) is 0 Å². The van der Waals surface area contributed by atoms with Gasteiger partial charge in [0.1, 0.15) is 35.3 Å². The van der Waals surface area contributed by atoms with Crippen LogP contribution in [-0.2, 0) is 16.0 Å². The minimum atomic E-state index is -1.34. The van der Waals surface area contributed by atoms with Gasteiger partial charge in [0.2, 0.25) is 10.8 Å². The zero-order valence-corrected chi connectivity index (χ0v) is 20.7. The lowest BCUT2D eigenvalue weighted by molar-refractivity contribution is -0.118. The van der Waals surface area contributed by atoms with Crippen LogP contribution in [0.25, 0.3) is 11.2 Å². The summed E-state index contributed by atoms with van der Waals surface area (Å²) in [4.78, 5) is 28.0. The number of nitrogen functional groups attached to an aromatic ring is 1. The molecule has 1 fully saturated rings. The van der Waals surface area contributed by atoms with Crippen LogP contribution < -0.4 is 16.0 Å². The van der Waals surface area contributed by atoms with Gasteiger partial charge >= 0.3 is 0 Å². The molecular weight excluding hydrogens is 542 g/mol. The summed E-state index contributed by atoms with van der Waals surface area (Å²) >= 11 is 4.54. The van der Waals surface area contributed by atoms with E-state index in [0.717, 1.165) is 21.8 Å². The number of aromatic nitrogens is 4. The van der Waals surface area contributed by atoms with Crippen LogP contribution >= 0.6 is 27.7 Å². The summed E-state index contributed by atoms with van der Waals surface area (Å²) < 4.78 is 8.28. The van der Waals surface area contributed by atoms with Gasteiger partial charge in [-0.05, 0) is 24.1 Å². The van der Waals surface area contributed by atoms with Crippen LogP contribution in [0, 0.1) is 5.53 Å². The molecule has 1 aromatic carbocycles. The second kappa shape index (κ2) is 11.2.